The second-order valence-corrected chi connectivity index (χ2v) is 8.14. The zero-order valence-electron chi connectivity index (χ0n) is 16.2. The largest absolute Gasteiger partial charge is 0.479 e. The smallest absolute Gasteiger partial charge is 0.347 e. The van der Waals surface area contributed by atoms with Gasteiger partial charge in [-0.2, -0.15) is 5.26 Å². The molecule has 1 N–H and O–H groups in total. The maximum atomic E-state index is 12.9. The van der Waals surface area contributed by atoms with Crippen LogP contribution in [0.2, 0.25) is 0 Å². The number of nitriles is 1. The number of carbonyl (C=O) groups is 2. The summed E-state index contributed by atoms with van der Waals surface area (Å²) in [6.45, 7) is 3.16. The Hall–Kier alpha value is -2.92. The number of benzene rings is 1. The highest BCUT2D eigenvalue weighted by molar-refractivity contribution is 7.16. The van der Waals surface area contributed by atoms with E-state index in [1.807, 2.05) is 0 Å². The number of hydrogen-bond donors (Lipinski definition) is 1. The van der Waals surface area contributed by atoms with Gasteiger partial charge in [0.05, 0.1) is 5.56 Å². The van der Waals surface area contributed by atoms with Gasteiger partial charge in [-0.3, -0.25) is 4.79 Å². The molecule has 1 aliphatic carbocycles. The van der Waals surface area contributed by atoms with Crippen LogP contribution >= 0.6 is 11.3 Å². The van der Waals surface area contributed by atoms with Gasteiger partial charge in [0, 0.05) is 4.88 Å². The molecule has 2 aromatic rings. The summed E-state index contributed by atoms with van der Waals surface area (Å²) in [5.74, 6) is -0.775. The Morgan fingerprint density at radius 1 is 1.38 bits per heavy atom. The van der Waals surface area contributed by atoms with Crippen molar-refractivity contribution in [1.82, 2.24) is 0 Å². The number of thiophene rings is 1. The van der Waals surface area contributed by atoms with Crippen LogP contribution < -0.4 is 10.1 Å². The van der Waals surface area contributed by atoms with Crippen LogP contribution in [0.4, 0.5) is 9.39 Å². The minimum atomic E-state index is -0.960. The number of esters is 1. The lowest BCUT2D eigenvalue weighted by Gasteiger charge is -2.17. The summed E-state index contributed by atoms with van der Waals surface area (Å²) in [4.78, 5) is 25.4. The fraction of sp³-hybridized carbons (Fsp3) is 0.381. The molecule has 0 spiro atoms. The van der Waals surface area contributed by atoms with Gasteiger partial charge in [0.2, 0.25) is 0 Å². The summed E-state index contributed by atoms with van der Waals surface area (Å²) in [6.07, 6.45) is 1.80. The predicted molar refractivity (Wildman–Crippen MR) is 106 cm³/mol. The molecule has 1 aromatic heterocycles. The van der Waals surface area contributed by atoms with Crippen molar-refractivity contribution in [2.75, 3.05) is 11.9 Å². The van der Waals surface area contributed by atoms with Crippen molar-refractivity contribution < 1.29 is 23.5 Å². The third kappa shape index (κ3) is 5.12. The highest BCUT2D eigenvalue weighted by Crippen LogP contribution is 2.39. The lowest BCUT2D eigenvalue weighted by molar-refractivity contribution is -0.153. The molecule has 3 rings (SSSR count). The number of ether oxygens (including phenoxy) is 2. The van der Waals surface area contributed by atoms with E-state index in [9.17, 15) is 19.2 Å². The number of fused-ring (bicyclic) bond motifs is 1. The van der Waals surface area contributed by atoms with Gasteiger partial charge in [-0.15, -0.1) is 11.3 Å². The molecule has 0 saturated carbocycles. The molecule has 0 saturated heterocycles. The average Bonchev–Trinajstić information content (AvgIpc) is 3.03. The Labute approximate surface area is 172 Å². The summed E-state index contributed by atoms with van der Waals surface area (Å²) in [5.41, 5.74) is 1.52. The second kappa shape index (κ2) is 9.05. The Kier molecular flexibility index (Phi) is 6.49. The molecular formula is C21H21FN2O4S. The lowest BCUT2D eigenvalue weighted by Crippen LogP contribution is -2.29. The van der Waals surface area contributed by atoms with Crippen molar-refractivity contribution in [3.63, 3.8) is 0 Å². The minimum Gasteiger partial charge on any atom is -0.479 e. The summed E-state index contributed by atoms with van der Waals surface area (Å²) in [5, 5.41) is 12.7. The van der Waals surface area contributed by atoms with Gasteiger partial charge in [-0.05, 0) is 61.9 Å². The maximum Gasteiger partial charge on any atom is 0.347 e. The fourth-order valence-corrected chi connectivity index (χ4v) is 4.52. The number of amides is 1. The van der Waals surface area contributed by atoms with Gasteiger partial charge in [0.15, 0.2) is 12.7 Å². The van der Waals surface area contributed by atoms with Crippen LogP contribution in [0, 0.1) is 23.1 Å². The highest BCUT2D eigenvalue weighted by Gasteiger charge is 2.25. The third-order valence-corrected chi connectivity index (χ3v) is 5.85. The first-order chi connectivity index (χ1) is 13.9. The van der Waals surface area contributed by atoms with Crippen molar-refractivity contribution in [3.8, 4) is 11.8 Å². The summed E-state index contributed by atoms with van der Waals surface area (Å²) in [6, 6.07) is 7.41. The SMILES string of the molecule is C[C@H]1CCc2c(sc(NC(=O)COC(=O)[C@H](C)Oc3ccc(F)cc3)c2C#N)C1. The van der Waals surface area contributed by atoms with E-state index in [4.69, 9.17) is 9.47 Å². The molecule has 0 bridgehead atoms. The zero-order chi connectivity index (χ0) is 21.0. The Morgan fingerprint density at radius 3 is 2.79 bits per heavy atom. The first kappa shape index (κ1) is 20.8. The molecule has 2 atom stereocenters. The summed E-state index contributed by atoms with van der Waals surface area (Å²) < 4.78 is 23.3. The summed E-state index contributed by atoms with van der Waals surface area (Å²) >= 11 is 1.41. The molecule has 6 nitrogen and oxygen atoms in total. The standard InChI is InChI=1S/C21H21FN2O4S/c1-12-3-8-16-17(10-23)20(29-18(16)9-12)24-19(25)11-27-21(26)13(2)28-15-6-4-14(22)5-7-15/h4-7,12-13H,3,8-9,11H2,1-2H3,(H,24,25)/t12-,13-/m0/s1. The van der Waals surface area contributed by atoms with E-state index in [-0.39, 0.29) is 0 Å². The Morgan fingerprint density at radius 2 is 2.10 bits per heavy atom. The van der Waals surface area contributed by atoms with Crippen LogP contribution in [0.5, 0.6) is 5.75 Å². The van der Waals surface area contributed by atoms with E-state index in [1.165, 1.54) is 42.5 Å². The van der Waals surface area contributed by atoms with Crippen molar-refractivity contribution in [3.05, 3.63) is 46.1 Å². The molecule has 152 valence electrons. The maximum absolute atomic E-state index is 12.9. The van der Waals surface area contributed by atoms with E-state index in [2.05, 4.69) is 18.3 Å². The van der Waals surface area contributed by atoms with Gasteiger partial charge < -0.3 is 14.8 Å². The fourth-order valence-electron chi connectivity index (χ4n) is 3.14. The number of nitrogens with one attached hydrogen (secondary N) is 1. The highest BCUT2D eigenvalue weighted by atomic mass is 32.1. The monoisotopic (exact) mass is 416 g/mol. The first-order valence-corrected chi connectivity index (χ1v) is 10.1. The zero-order valence-corrected chi connectivity index (χ0v) is 17.0. The number of nitrogens with zero attached hydrogens (tertiary/aromatic N) is 1. The van der Waals surface area contributed by atoms with Crippen LogP contribution in [-0.2, 0) is 27.2 Å². The second-order valence-electron chi connectivity index (χ2n) is 7.04. The van der Waals surface area contributed by atoms with Crippen molar-refractivity contribution in [2.24, 2.45) is 5.92 Å². The quantitative estimate of drug-likeness (QED) is 0.723. The number of anilines is 1. The van der Waals surface area contributed by atoms with E-state index in [0.29, 0.717) is 22.2 Å². The normalized spacial score (nSPS) is 16.3. The van der Waals surface area contributed by atoms with E-state index in [1.54, 1.807) is 0 Å². The molecule has 1 amide bonds. The van der Waals surface area contributed by atoms with Crippen LogP contribution in [0.3, 0.4) is 0 Å². The Balaban J connectivity index is 1.54. The van der Waals surface area contributed by atoms with Crippen molar-refractivity contribution >= 4 is 28.2 Å². The molecule has 8 heteroatoms. The van der Waals surface area contributed by atoms with Crippen LogP contribution in [0.25, 0.3) is 0 Å². The molecular weight excluding hydrogens is 395 g/mol. The van der Waals surface area contributed by atoms with E-state index >= 15 is 0 Å². The molecule has 1 aromatic carbocycles. The number of hydrogen-bond acceptors (Lipinski definition) is 6. The molecule has 0 radical (unpaired) electrons. The number of rotatable bonds is 6. The van der Waals surface area contributed by atoms with Crippen LogP contribution in [0.15, 0.2) is 24.3 Å². The van der Waals surface area contributed by atoms with Crippen molar-refractivity contribution in [1.29, 1.82) is 5.26 Å². The molecule has 1 heterocycles. The average molecular weight is 416 g/mol. The number of carbonyl (C=O) groups excluding carboxylic acids is 2. The summed E-state index contributed by atoms with van der Waals surface area (Å²) in [7, 11) is 0. The molecule has 0 fully saturated rings. The minimum absolute atomic E-state index is 0.317. The lowest BCUT2D eigenvalue weighted by atomic mass is 9.89. The first-order valence-electron chi connectivity index (χ1n) is 9.30. The molecule has 1 aliphatic rings. The van der Waals surface area contributed by atoms with E-state index in [0.717, 1.165) is 29.7 Å². The van der Waals surface area contributed by atoms with E-state index < -0.39 is 30.4 Å². The topological polar surface area (TPSA) is 88.4 Å². The van der Waals surface area contributed by atoms with Crippen LogP contribution in [0.1, 0.15) is 36.3 Å². The van der Waals surface area contributed by atoms with Crippen molar-refractivity contribution in [2.45, 2.75) is 39.2 Å². The van der Waals surface area contributed by atoms with Gasteiger partial charge in [-0.1, -0.05) is 6.92 Å². The number of halogens is 1. The van der Waals surface area contributed by atoms with Gasteiger partial charge in [0.25, 0.3) is 5.91 Å². The molecule has 0 unspecified atom stereocenters. The Bertz CT molecular complexity index is 949. The van der Waals surface area contributed by atoms with Gasteiger partial charge in [0.1, 0.15) is 22.6 Å². The van der Waals surface area contributed by atoms with Gasteiger partial charge >= 0.3 is 5.97 Å². The molecule has 0 aliphatic heterocycles. The predicted octanol–water partition coefficient (Wildman–Crippen LogP) is 3.83. The van der Waals surface area contributed by atoms with Crippen LogP contribution in [-0.4, -0.2) is 24.6 Å². The van der Waals surface area contributed by atoms with Gasteiger partial charge in [-0.25, -0.2) is 9.18 Å². The molecule has 29 heavy (non-hydrogen) atoms. The third-order valence-electron chi connectivity index (χ3n) is 4.68.